The van der Waals surface area contributed by atoms with Gasteiger partial charge in [-0.3, -0.25) is 4.79 Å². The van der Waals surface area contributed by atoms with Gasteiger partial charge in [0.05, 0.1) is 5.56 Å². The number of benzene rings is 1. The third-order valence-corrected chi connectivity index (χ3v) is 4.52. The number of hydrogen-bond acceptors (Lipinski definition) is 2. The molecule has 1 aromatic carbocycles. The standard InChI is InChI=1S/C16H19F3N2O/c17-16(18,19)11-4-1-3-10(7-11)13-8-14(13)15(22)21-6-2-5-12(20)9-21/h1,3-4,7,12-14H,2,5-6,8-9,20H2. The molecular weight excluding hydrogens is 293 g/mol. The molecule has 1 saturated carbocycles. The predicted molar refractivity (Wildman–Crippen MR) is 76.1 cm³/mol. The molecule has 120 valence electrons. The van der Waals surface area contributed by atoms with Crippen LogP contribution in [0.1, 0.15) is 36.3 Å². The molecule has 1 heterocycles. The number of rotatable bonds is 2. The summed E-state index contributed by atoms with van der Waals surface area (Å²) in [7, 11) is 0. The summed E-state index contributed by atoms with van der Waals surface area (Å²) in [6, 6.07) is 5.33. The first-order valence-electron chi connectivity index (χ1n) is 7.58. The van der Waals surface area contributed by atoms with Gasteiger partial charge in [0.15, 0.2) is 0 Å². The molecule has 0 radical (unpaired) electrons. The quantitative estimate of drug-likeness (QED) is 0.913. The van der Waals surface area contributed by atoms with Crippen LogP contribution < -0.4 is 5.73 Å². The largest absolute Gasteiger partial charge is 0.416 e. The number of amides is 1. The van der Waals surface area contributed by atoms with Crippen LogP contribution in [-0.2, 0) is 11.0 Å². The highest BCUT2D eigenvalue weighted by molar-refractivity contribution is 5.83. The van der Waals surface area contributed by atoms with Gasteiger partial charge in [-0.1, -0.05) is 18.2 Å². The molecule has 0 bridgehead atoms. The lowest BCUT2D eigenvalue weighted by atomic mass is 10.0. The summed E-state index contributed by atoms with van der Waals surface area (Å²) in [5.41, 5.74) is 5.83. The van der Waals surface area contributed by atoms with Gasteiger partial charge in [-0.15, -0.1) is 0 Å². The van der Waals surface area contributed by atoms with Crippen molar-refractivity contribution in [1.29, 1.82) is 0 Å². The molecule has 0 spiro atoms. The van der Waals surface area contributed by atoms with Crippen molar-refractivity contribution in [3.05, 3.63) is 35.4 Å². The maximum atomic E-state index is 12.8. The number of hydrogen-bond donors (Lipinski definition) is 1. The van der Waals surface area contributed by atoms with Crippen molar-refractivity contribution >= 4 is 5.91 Å². The smallest absolute Gasteiger partial charge is 0.341 e. The second-order valence-electron chi connectivity index (χ2n) is 6.26. The fourth-order valence-corrected chi connectivity index (χ4v) is 3.23. The number of nitrogens with zero attached hydrogens (tertiary/aromatic N) is 1. The van der Waals surface area contributed by atoms with Crippen LogP contribution in [0.5, 0.6) is 0 Å². The van der Waals surface area contributed by atoms with E-state index in [0.29, 0.717) is 25.1 Å². The van der Waals surface area contributed by atoms with Crippen LogP contribution in [0.25, 0.3) is 0 Å². The Morgan fingerprint density at radius 3 is 2.77 bits per heavy atom. The molecule has 1 amide bonds. The molecule has 6 heteroatoms. The summed E-state index contributed by atoms with van der Waals surface area (Å²) in [5.74, 6) is -0.237. The Morgan fingerprint density at radius 1 is 1.32 bits per heavy atom. The molecule has 0 aromatic heterocycles. The third kappa shape index (κ3) is 3.11. The topological polar surface area (TPSA) is 46.3 Å². The minimum absolute atomic E-state index is 0.0171. The number of alkyl halides is 3. The summed E-state index contributed by atoms with van der Waals surface area (Å²) in [4.78, 5) is 14.2. The van der Waals surface area contributed by atoms with Crippen molar-refractivity contribution in [3.63, 3.8) is 0 Å². The molecule has 1 aliphatic carbocycles. The number of likely N-dealkylation sites (tertiary alicyclic amines) is 1. The summed E-state index contributed by atoms with van der Waals surface area (Å²) in [6.45, 7) is 1.27. The van der Waals surface area contributed by atoms with Gasteiger partial charge in [0.1, 0.15) is 0 Å². The monoisotopic (exact) mass is 312 g/mol. The van der Waals surface area contributed by atoms with Crippen molar-refractivity contribution in [2.45, 2.75) is 37.4 Å². The van der Waals surface area contributed by atoms with E-state index in [9.17, 15) is 18.0 Å². The second kappa shape index (κ2) is 5.57. The Balaban J connectivity index is 1.68. The van der Waals surface area contributed by atoms with E-state index in [4.69, 9.17) is 5.73 Å². The van der Waals surface area contributed by atoms with Crippen LogP contribution in [0, 0.1) is 5.92 Å². The Kier molecular flexibility index (Phi) is 3.89. The van der Waals surface area contributed by atoms with Gasteiger partial charge in [-0.05, 0) is 36.8 Å². The molecular formula is C16H19F3N2O. The number of nitrogens with two attached hydrogens (primary N) is 1. The number of carbonyl (C=O) groups excluding carboxylic acids is 1. The van der Waals surface area contributed by atoms with E-state index < -0.39 is 11.7 Å². The van der Waals surface area contributed by atoms with Gasteiger partial charge in [0.25, 0.3) is 0 Å². The summed E-state index contributed by atoms with van der Waals surface area (Å²) < 4.78 is 38.3. The van der Waals surface area contributed by atoms with Crippen LogP contribution in [0.4, 0.5) is 13.2 Å². The number of carbonyl (C=O) groups is 1. The Morgan fingerprint density at radius 2 is 2.09 bits per heavy atom. The molecule has 1 aliphatic heterocycles. The minimum atomic E-state index is -4.34. The fraction of sp³-hybridized carbons (Fsp3) is 0.562. The van der Waals surface area contributed by atoms with Crippen LogP contribution in [0.2, 0.25) is 0 Å². The Labute approximate surface area is 127 Å². The SMILES string of the molecule is NC1CCCN(C(=O)C2CC2c2cccc(C(F)(F)F)c2)C1. The lowest BCUT2D eigenvalue weighted by Gasteiger charge is -2.31. The predicted octanol–water partition coefficient (Wildman–Crippen LogP) is 2.76. The summed E-state index contributed by atoms with van der Waals surface area (Å²) in [6.07, 6.45) is -1.89. The molecule has 2 aliphatic rings. The van der Waals surface area contributed by atoms with Crippen LogP contribution in [-0.4, -0.2) is 29.9 Å². The van der Waals surface area contributed by atoms with Gasteiger partial charge in [0.2, 0.25) is 5.91 Å². The second-order valence-corrected chi connectivity index (χ2v) is 6.26. The number of halogens is 3. The van der Waals surface area contributed by atoms with Crippen LogP contribution >= 0.6 is 0 Å². The summed E-state index contributed by atoms with van der Waals surface area (Å²) >= 11 is 0. The van der Waals surface area contributed by atoms with Gasteiger partial charge >= 0.3 is 6.18 Å². The van der Waals surface area contributed by atoms with E-state index >= 15 is 0 Å². The van der Waals surface area contributed by atoms with E-state index in [0.717, 1.165) is 18.9 Å². The Hall–Kier alpha value is -1.56. The highest BCUT2D eigenvalue weighted by atomic mass is 19.4. The van der Waals surface area contributed by atoms with Crippen molar-refractivity contribution in [1.82, 2.24) is 4.90 Å². The van der Waals surface area contributed by atoms with Gasteiger partial charge in [-0.2, -0.15) is 13.2 Å². The minimum Gasteiger partial charge on any atom is -0.341 e. The molecule has 3 unspecified atom stereocenters. The average molecular weight is 312 g/mol. The first kappa shape index (κ1) is 15.3. The van der Waals surface area contributed by atoms with Crippen molar-refractivity contribution in [2.75, 3.05) is 13.1 Å². The van der Waals surface area contributed by atoms with Crippen LogP contribution in [0.15, 0.2) is 24.3 Å². The highest BCUT2D eigenvalue weighted by Crippen LogP contribution is 2.49. The van der Waals surface area contributed by atoms with E-state index in [-0.39, 0.29) is 23.8 Å². The molecule has 1 saturated heterocycles. The van der Waals surface area contributed by atoms with Crippen molar-refractivity contribution in [2.24, 2.45) is 11.7 Å². The Bertz CT molecular complexity index is 573. The molecule has 2 fully saturated rings. The fourth-order valence-electron chi connectivity index (χ4n) is 3.23. The molecule has 2 N–H and O–H groups in total. The first-order valence-corrected chi connectivity index (χ1v) is 7.58. The van der Waals surface area contributed by atoms with E-state index in [1.54, 1.807) is 11.0 Å². The van der Waals surface area contributed by atoms with Gasteiger partial charge in [0, 0.05) is 25.0 Å². The zero-order chi connectivity index (χ0) is 15.9. The molecule has 3 nitrogen and oxygen atoms in total. The molecule has 3 atom stereocenters. The van der Waals surface area contributed by atoms with E-state index in [2.05, 4.69) is 0 Å². The van der Waals surface area contributed by atoms with Crippen molar-refractivity contribution < 1.29 is 18.0 Å². The maximum absolute atomic E-state index is 12.8. The lowest BCUT2D eigenvalue weighted by Crippen LogP contribution is -2.46. The summed E-state index contributed by atoms with van der Waals surface area (Å²) in [5, 5.41) is 0. The van der Waals surface area contributed by atoms with Gasteiger partial charge < -0.3 is 10.6 Å². The highest BCUT2D eigenvalue weighted by Gasteiger charge is 2.46. The third-order valence-electron chi connectivity index (χ3n) is 4.52. The zero-order valence-electron chi connectivity index (χ0n) is 12.1. The zero-order valence-corrected chi connectivity index (χ0v) is 12.1. The van der Waals surface area contributed by atoms with Crippen LogP contribution in [0.3, 0.4) is 0 Å². The molecule has 3 rings (SSSR count). The molecule has 1 aromatic rings. The normalized spacial score (nSPS) is 28.5. The maximum Gasteiger partial charge on any atom is 0.416 e. The first-order chi connectivity index (χ1) is 10.4. The lowest BCUT2D eigenvalue weighted by molar-refractivity contribution is -0.137. The van der Waals surface area contributed by atoms with E-state index in [1.807, 2.05) is 0 Å². The van der Waals surface area contributed by atoms with Gasteiger partial charge in [-0.25, -0.2) is 0 Å². The number of piperidine rings is 1. The average Bonchev–Trinajstić information content (AvgIpc) is 3.26. The van der Waals surface area contributed by atoms with Crippen molar-refractivity contribution in [3.8, 4) is 0 Å². The van der Waals surface area contributed by atoms with E-state index in [1.165, 1.54) is 12.1 Å². The molecule has 22 heavy (non-hydrogen) atoms.